The van der Waals surface area contributed by atoms with Gasteiger partial charge in [0.05, 0.1) is 18.7 Å². The third kappa shape index (κ3) is 3.87. The van der Waals surface area contributed by atoms with Crippen molar-refractivity contribution in [2.45, 2.75) is 31.7 Å². The van der Waals surface area contributed by atoms with E-state index in [9.17, 15) is 23.1 Å². The average Bonchev–Trinajstić information content (AvgIpc) is 2.34. The van der Waals surface area contributed by atoms with Crippen LogP contribution in [0.3, 0.4) is 0 Å². The second-order valence-electron chi connectivity index (χ2n) is 5.21. The van der Waals surface area contributed by atoms with Crippen LogP contribution in [0.25, 0.3) is 0 Å². The monoisotopic (exact) mass is 303 g/mol. The summed E-state index contributed by atoms with van der Waals surface area (Å²) in [5.41, 5.74) is -0.563. The third-order valence-corrected chi connectivity index (χ3v) is 3.31. The number of hydrogen-bond donors (Lipinski definition) is 1. The van der Waals surface area contributed by atoms with Crippen LogP contribution in [0.4, 0.5) is 13.2 Å². The first-order chi connectivity index (χ1) is 9.72. The van der Waals surface area contributed by atoms with Gasteiger partial charge in [0.2, 0.25) is 0 Å². The lowest BCUT2D eigenvalue weighted by Crippen LogP contribution is -2.63. The molecule has 1 heterocycles. The lowest BCUT2D eigenvalue weighted by Gasteiger charge is -2.46. The van der Waals surface area contributed by atoms with Crippen molar-refractivity contribution in [2.24, 2.45) is 0 Å². The van der Waals surface area contributed by atoms with Crippen LogP contribution in [0.15, 0.2) is 24.3 Å². The van der Waals surface area contributed by atoms with Crippen molar-refractivity contribution in [1.29, 1.82) is 0 Å². The average molecular weight is 303 g/mol. The van der Waals surface area contributed by atoms with Crippen LogP contribution in [-0.4, -0.2) is 41.0 Å². The zero-order chi connectivity index (χ0) is 15.7. The summed E-state index contributed by atoms with van der Waals surface area (Å²) in [6.45, 7) is 2.45. The molecule has 0 aliphatic carbocycles. The van der Waals surface area contributed by atoms with E-state index in [0.717, 1.165) is 18.6 Å². The van der Waals surface area contributed by atoms with Crippen molar-refractivity contribution in [3.63, 3.8) is 0 Å². The van der Waals surface area contributed by atoms with Crippen molar-refractivity contribution in [1.82, 2.24) is 4.90 Å². The van der Waals surface area contributed by atoms with E-state index in [1.165, 1.54) is 17.0 Å². The molecule has 21 heavy (non-hydrogen) atoms. The summed E-state index contributed by atoms with van der Waals surface area (Å²) in [4.78, 5) is 13.5. The fourth-order valence-electron chi connectivity index (χ4n) is 2.41. The van der Waals surface area contributed by atoms with E-state index in [1.54, 1.807) is 0 Å². The van der Waals surface area contributed by atoms with Crippen molar-refractivity contribution in [3.05, 3.63) is 29.8 Å². The number of halogens is 3. The van der Waals surface area contributed by atoms with Crippen molar-refractivity contribution in [3.8, 4) is 5.75 Å². The van der Waals surface area contributed by atoms with Crippen molar-refractivity contribution >= 4 is 5.91 Å². The van der Waals surface area contributed by atoms with Gasteiger partial charge < -0.3 is 14.7 Å². The van der Waals surface area contributed by atoms with Gasteiger partial charge in [0.25, 0.3) is 5.91 Å². The van der Waals surface area contributed by atoms with Crippen LogP contribution in [-0.2, 0) is 0 Å². The van der Waals surface area contributed by atoms with Gasteiger partial charge in [-0.2, -0.15) is 0 Å². The van der Waals surface area contributed by atoms with E-state index in [0.29, 0.717) is 6.42 Å². The zero-order valence-corrected chi connectivity index (χ0v) is 11.5. The highest BCUT2D eigenvalue weighted by Crippen LogP contribution is 2.28. The largest absolute Gasteiger partial charge is 0.573 e. The van der Waals surface area contributed by atoms with E-state index in [-0.39, 0.29) is 30.3 Å². The van der Waals surface area contributed by atoms with Gasteiger partial charge in [-0.25, -0.2) is 0 Å². The number of rotatable bonds is 4. The van der Waals surface area contributed by atoms with Crippen LogP contribution in [0.1, 0.15) is 30.1 Å². The molecule has 0 aromatic heterocycles. The fraction of sp³-hybridized carbons (Fsp3) is 0.500. The van der Waals surface area contributed by atoms with E-state index in [2.05, 4.69) is 4.74 Å². The molecule has 2 rings (SSSR count). The Kier molecular flexibility index (Phi) is 4.13. The molecule has 0 radical (unpaired) electrons. The molecule has 1 aromatic rings. The Labute approximate surface area is 120 Å². The minimum absolute atomic E-state index is 0.250. The fourth-order valence-corrected chi connectivity index (χ4v) is 2.41. The maximum Gasteiger partial charge on any atom is 0.573 e. The summed E-state index contributed by atoms with van der Waals surface area (Å²) in [5.74, 6) is -0.681. The summed E-state index contributed by atoms with van der Waals surface area (Å²) in [7, 11) is 0. The molecule has 1 amide bonds. The predicted octanol–water partition coefficient (Wildman–Crippen LogP) is 2.57. The van der Waals surface area contributed by atoms with Crippen molar-refractivity contribution < 1.29 is 27.8 Å². The first-order valence-corrected chi connectivity index (χ1v) is 6.60. The number of likely N-dealkylation sites (tertiary alicyclic amines) is 1. The third-order valence-electron chi connectivity index (χ3n) is 3.31. The number of carbonyl (C=O) groups is 1. The lowest BCUT2D eigenvalue weighted by molar-refractivity contribution is -0.274. The molecule has 0 bridgehead atoms. The molecule has 1 N–H and O–H groups in total. The van der Waals surface area contributed by atoms with E-state index in [1.807, 2.05) is 6.92 Å². The molecule has 1 saturated heterocycles. The standard InChI is InChI=1S/C14H16F3NO3/c1-2-7-13(20)8-18(9-13)12(19)10-3-5-11(6-4-10)21-14(15,16)17/h3-6,20H,2,7-9H2,1H3. The molecule has 7 heteroatoms. The molecule has 1 aliphatic heterocycles. The van der Waals surface area contributed by atoms with Gasteiger partial charge in [-0.1, -0.05) is 13.3 Å². The summed E-state index contributed by atoms with van der Waals surface area (Å²) in [6, 6.07) is 4.75. The van der Waals surface area contributed by atoms with Gasteiger partial charge in [0.15, 0.2) is 0 Å². The minimum Gasteiger partial charge on any atom is -0.406 e. The number of benzene rings is 1. The topological polar surface area (TPSA) is 49.8 Å². The Morgan fingerprint density at radius 1 is 1.33 bits per heavy atom. The Morgan fingerprint density at radius 2 is 1.90 bits per heavy atom. The van der Waals surface area contributed by atoms with Gasteiger partial charge in [-0.05, 0) is 30.7 Å². The van der Waals surface area contributed by atoms with Gasteiger partial charge >= 0.3 is 6.36 Å². The maximum absolute atomic E-state index is 12.1. The Morgan fingerprint density at radius 3 is 2.38 bits per heavy atom. The zero-order valence-electron chi connectivity index (χ0n) is 11.5. The number of β-amino-alcohol motifs (C(OH)–C–C–N with tert-alkyl or cyclic N) is 1. The molecule has 0 spiro atoms. The highest BCUT2D eigenvalue weighted by atomic mass is 19.4. The Hall–Kier alpha value is -1.76. The molecule has 0 unspecified atom stereocenters. The van der Waals surface area contributed by atoms with Crippen LogP contribution in [0.2, 0.25) is 0 Å². The molecular formula is C14H16F3NO3. The lowest BCUT2D eigenvalue weighted by atomic mass is 9.89. The molecule has 4 nitrogen and oxygen atoms in total. The molecule has 1 aromatic carbocycles. The summed E-state index contributed by atoms with van der Waals surface area (Å²) in [6.07, 6.45) is -3.31. The second kappa shape index (κ2) is 5.55. The highest BCUT2D eigenvalue weighted by Gasteiger charge is 2.42. The van der Waals surface area contributed by atoms with Gasteiger partial charge in [0.1, 0.15) is 5.75 Å². The number of amides is 1. The summed E-state index contributed by atoms with van der Waals surface area (Å²) < 4.78 is 39.8. The first-order valence-electron chi connectivity index (χ1n) is 6.60. The molecule has 0 saturated carbocycles. The SMILES string of the molecule is CCCC1(O)CN(C(=O)c2ccc(OC(F)(F)F)cc2)C1. The van der Waals surface area contributed by atoms with E-state index < -0.39 is 12.0 Å². The van der Waals surface area contributed by atoms with E-state index >= 15 is 0 Å². The van der Waals surface area contributed by atoms with Gasteiger partial charge in [-0.3, -0.25) is 4.79 Å². The highest BCUT2D eigenvalue weighted by molar-refractivity contribution is 5.95. The molecular weight excluding hydrogens is 287 g/mol. The van der Waals surface area contributed by atoms with Crippen molar-refractivity contribution in [2.75, 3.05) is 13.1 Å². The van der Waals surface area contributed by atoms with Crippen LogP contribution < -0.4 is 4.74 Å². The number of carbonyl (C=O) groups excluding carboxylic acids is 1. The van der Waals surface area contributed by atoms with Gasteiger partial charge in [-0.15, -0.1) is 13.2 Å². The van der Waals surface area contributed by atoms with Crippen LogP contribution >= 0.6 is 0 Å². The van der Waals surface area contributed by atoms with E-state index in [4.69, 9.17) is 0 Å². The Bertz CT molecular complexity index is 507. The minimum atomic E-state index is -4.75. The molecule has 1 fully saturated rings. The normalized spacial score (nSPS) is 17.3. The quantitative estimate of drug-likeness (QED) is 0.930. The second-order valence-corrected chi connectivity index (χ2v) is 5.21. The number of aliphatic hydroxyl groups is 1. The number of alkyl halides is 3. The van der Waals surface area contributed by atoms with Crippen LogP contribution in [0.5, 0.6) is 5.75 Å². The summed E-state index contributed by atoms with van der Waals surface area (Å²) in [5, 5.41) is 10.0. The summed E-state index contributed by atoms with van der Waals surface area (Å²) >= 11 is 0. The predicted molar refractivity (Wildman–Crippen MR) is 68.9 cm³/mol. The first kappa shape index (κ1) is 15.6. The van der Waals surface area contributed by atoms with Gasteiger partial charge in [0, 0.05) is 5.56 Å². The Balaban J connectivity index is 1.96. The van der Waals surface area contributed by atoms with Crippen LogP contribution in [0, 0.1) is 0 Å². The molecule has 1 aliphatic rings. The number of ether oxygens (including phenoxy) is 1. The number of hydrogen-bond acceptors (Lipinski definition) is 3. The number of nitrogens with zero attached hydrogens (tertiary/aromatic N) is 1. The smallest absolute Gasteiger partial charge is 0.406 e. The molecule has 0 atom stereocenters. The maximum atomic E-state index is 12.1. The molecule has 116 valence electrons.